The van der Waals surface area contributed by atoms with E-state index in [-0.39, 0.29) is 11.0 Å². The molecule has 5 nitrogen and oxygen atoms in total. The molecule has 0 aliphatic rings. The van der Waals surface area contributed by atoms with Crippen molar-refractivity contribution in [3.8, 4) is 11.8 Å². The Balaban J connectivity index is 1.78. The third-order valence-electron chi connectivity index (χ3n) is 4.26. The zero-order chi connectivity index (χ0) is 20.8. The number of thiophene rings is 1. The van der Waals surface area contributed by atoms with Crippen LogP contribution in [0.4, 0.5) is 0 Å². The minimum absolute atomic E-state index is 0.264. The number of amides is 1. The fourth-order valence-corrected chi connectivity index (χ4v) is 4.48. The monoisotopic (exact) mass is 443 g/mol. The largest absolute Gasteiger partial charge is 0.497 e. The van der Waals surface area contributed by atoms with E-state index >= 15 is 0 Å². The van der Waals surface area contributed by atoms with Gasteiger partial charge in [-0.25, -0.2) is 0 Å². The smallest absolute Gasteiger partial charge is 0.269 e. The van der Waals surface area contributed by atoms with E-state index in [4.69, 9.17) is 33.8 Å². The van der Waals surface area contributed by atoms with Crippen LogP contribution in [0.25, 0.3) is 10.1 Å². The first kappa shape index (κ1) is 21.1. The summed E-state index contributed by atoms with van der Waals surface area (Å²) in [6, 6.07) is 17.3. The molecule has 0 radical (unpaired) electrons. The lowest BCUT2D eigenvalue weighted by atomic mass is 10.2. The molecule has 1 amide bonds. The average molecular weight is 444 g/mol. The highest BCUT2D eigenvalue weighted by Crippen LogP contribution is 2.37. The van der Waals surface area contributed by atoms with Crippen molar-refractivity contribution in [3.05, 3.63) is 64.0 Å². The van der Waals surface area contributed by atoms with Crippen LogP contribution in [0.1, 0.15) is 21.7 Å². The van der Waals surface area contributed by atoms with Gasteiger partial charge < -0.3 is 9.64 Å². The lowest BCUT2D eigenvalue weighted by molar-refractivity contribution is 0.0977. The van der Waals surface area contributed by atoms with E-state index in [1.807, 2.05) is 42.5 Å². The minimum Gasteiger partial charge on any atom is -0.497 e. The third-order valence-corrected chi connectivity index (χ3v) is 6.28. The number of fused-ring (bicyclic) bond motifs is 1. The number of hydrogen-bond donors (Lipinski definition) is 1. The zero-order valence-corrected chi connectivity index (χ0v) is 18.0. The first-order chi connectivity index (χ1) is 14.0. The Morgan fingerprint density at radius 3 is 2.76 bits per heavy atom. The molecule has 1 N–H and O–H groups in total. The Kier molecular flexibility index (Phi) is 7.04. The van der Waals surface area contributed by atoms with Gasteiger partial charge in [-0.2, -0.15) is 5.26 Å². The van der Waals surface area contributed by atoms with Crippen molar-refractivity contribution in [3.63, 3.8) is 0 Å². The van der Waals surface area contributed by atoms with Gasteiger partial charge in [0.1, 0.15) is 10.6 Å². The second-order valence-corrected chi connectivity index (χ2v) is 8.00. The van der Waals surface area contributed by atoms with Crippen molar-refractivity contribution < 1.29 is 9.53 Å². The number of hydrogen-bond acceptors (Lipinski definition) is 5. The molecule has 0 bridgehead atoms. The number of nitrogens with one attached hydrogen (secondary N) is 1. The Labute approximate surface area is 183 Å². The number of methoxy groups -OCH3 is 1. The van der Waals surface area contributed by atoms with Gasteiger partial charge in [-0.15, -0.1) is 11.3 Å². The van der Waals surface area contributed by atoms with Gasteiger partial charge in [-0.1, -0.05) is 41.9 Å². The molecule has 1 heterocycles. The highest BCUT2D eigenvalue weighted by molar-refractivity contribution is 7.80. The number of carbonyl (C=O) groups excluding carboxylic acids is 1. The maximum Gasteiger partial charge on any atom is 0.269 e. The Bertz CT molecular complexity index is 1080. The second-order valence-electron chi connectivity index (χ2n) is 6.18. The molecule has 148 valence electrons. The van der Waals surface area contributed by atoms with Crippen LogP contribution in [-0.4, -0.2) is 29.6 Å². The Hall–Kier alpha value is -2.66. The van der Waals surface area contributed by atoms with Crippen LogP contribution in [0.3, 0.4) is 0 Å². The summed E-state index contributed by atoms with van der Waals surface area (Å²) in [6.07, 6.45) is 0.298. The number of halogens is 1. The summed E-state index contributed by atoms with van der Waals surface area (Å²) in [6.45, 7) is 0.917. The van der Waals surface area contributed by atoms with Crippen LogP contribution in [0, 0.1) is 11.3 Å². The molecular formula is C21H18ClN3O2S2. The van der Waals surface area contributed by atoms with E-state index in [1.165, 1.54) is 11.3 Å². The zero-order valence-electron chi connectivity index (χ0n) is 15.6. The van der Waals surface area contributed by atoms with Gasteiger partial charge in [0.25, 0.3) is 5.91 Å². The third kappa shape index (κ3) is 5.04. The van der Waals surface area contributed by atoms with E-state index < -0.39 is 0 Å². The number of rotatable bonds is 6. The molecule has 3 rings (SSSR count). The maximum absolute atomic E-state index is 12.8. The fourth-order valence-electron chi connectivity index (χ4n) is 2.79. The van der Waals surface area contributed by atoms with E-state index in [0.717, 1.165) is 15.6 Å². The number of nitrogens with zero attached hydrogens (tertiary/aromatic N) is 2. The van der Waals surface area contributed by atoms with Crippen molar-refractivity contribution >= 4 is 56.3 Å². The van der Waals surface area contributed by atoms with E-state index in [1.54, 1.807) is 18.1 Å². The van der Waals surface area contributed by atoms with Gasteiger partial charge in [0.2, 0.25) is 0 Å². The van der Waals surface area contributed by atoms with Gasteiger partial charge in [0.15, 0.2) is 5.11 Å². The van der Waals surface area contributed by atoms with Crippen molar-refractivity contribution in [2.75, 3.05) is 13.7 Å². The van der Waals surface area contributed by atoms with Crippen molar-refractivity contribution in [1.82, 2.24) is 10.2 Å². The molecule has 0 aliphatic carbocycles. The lowest BCUT2D eigenvalue weighted by Gasteiger charge is -2.24. The highest BCUT2D eigenvalue weighted by Gasteiger charge is 2.20. The van der Waals surface area contributed by atoms with Crippen LogP contribution in [0.2, 0.25) is 5.02 Å². The molecule has 0 unspecified atom stereocenters. The second kappa shape index (κ2) is 9.70. The van der Waals surface area contributed by atoms with Gasteiger partial charge in [-0.05, 0) is 36.0 Å². The molecule has 29 heavy (non-hydrogen) atoms. The van der Waals surface area contributed by atoms with Crippen LogP contribution < -0.4 is 10.1 Å². The summed E-state index contributed by atoms with van der Waals surface area (Å²) in [4.78, 5) is 15.0. The SMILES string of the molecule is COc1ccc2c(Cl)c(C(=O)NC(=S)N(CCC#N)Cc3ccccc3)sc2c1. The van der Waals surface area contributed by atoms with Crippen molar-refractivity contribution in [2.24, 2.45) is 0 Å². The standard InChI is InChI=1S/C21H18ClN3O2S2/c1-27-15-8-9-16-17(12-15)29-19(18(16)22)20(26)24-21(28)25(11-5-10-23)13-14-6-3-2-4-7-14/h2-4,6-9,12H,5,11,13H2,1H3,(H,24,26,28). The first-order valence-electron chi connectivity index (χ1n) is 8.80. The molecule has 0 fully saturated rings. The molecule has 1 aromatic heterocycles. The van der Waals surface area contributed by atoms with Crippen LogP contribution in [-0.2, 0) is 6.54 Å². The molecule has 3 aromatic rings. The van der Waals surface area contributed by atoms with Gasteiger partial charge in [0.05, 0.1) is 24.6 Å². The maximum atomic E-state index is 12.8. The summed E-state index contributed by atoms with van der Waals surface area (Å²) in [5.74, 6) is 0.332. The quantitative estimate of drug-likeness (QED) is 0.543. The molecule has 2 aromatic carbocycles. The summed E-state index contributed by atoms with van der Waals surface area (Å²) >= 11 is 13.2. The first-order valence-corrected chi connectivity index (χ1v) is 10.4. The van der Waals surface area contributed by atoms with E-state index in [0.29, 0.717) is 35.2 Å². The summed E-state index contributed by atoms with van der Waals surface area (Å²) < 4.78 is 6.09. The van der Waals surface area contributed by atoms with Crippen LogP contribution >= 0.6 is 35.2 Å². The van der Waals surface area contributed by atoms with Crippen LogP contribution in [0.5, 0.6) is 5.75 Å². The molecule has 0 atom stereocenters. The Morgan fingerprint density at radius 2 is 2.07 bits per heavy atom. The normalized spacial score (nSPS) is 10.4. The predicted molar refractivity (Wildman–Crippen MR) is 121 cm³/mol. The van der Waals surface area contributed by atoms with Gasteiger partial charge >= 0.3 is 0 Å². The highest BCUT2D eigenvalue weighted by atomic mass is 35.5. The number of thiocarbonyl (C=S) groups is 1. The van der Waals surface area contributed by atoms with E-state index in [2.05, 4.69) is 11.4 Å². The minimum atomic E-state index is -0.366. The summed E-state index contributed by atoms with van der Waals surface area (Å²) in [7, 11) is 1.59. The molecular weight excluding hydrogens is 426 g/mol. The average Bonchev–Trinajstić information content (AvgIpc) is 3.07. The summed E-state index contributed by atoms with van der Waals surface area (Å²) in [5, 5.41) is 13.2. The topological polar surface area (TPSA) is 65.4 Å². The summed E-state index contributed by atoms with van der Waals surface area (Å²) in [5.41, 5.74) is 1.04. The fraction of sp³-hybridized carbons (Fsp3) is 0.190. The number of carbonyl (C=O) groups is 1. The molecule has 8 heteroatoms. The Morgan fingerprint density at radius 1 is 1.31 bits per heavy atom. The van der Waals surface area contributed by atoms with Crippen molar-refractivity contribution in [1.29, 1.82) is 5.26 Å². The predicted octanol–water partition coefficient (Wildman–Crippen LogP) is 4.99. The number of ether oxygens (including phenoxy) is 1. The van der Waals surface area contributed by atoms with Gasteiger partial charge in [0, 0.05) is 23.2 Å². The van der Waals surface area contributed by atoms with Crippen LogP contribution in [0.15, 0.2) is 48.5 Å². The molecule has 0 saturated carbocycles. The van der Waals surface area contributed by atoms with Gasteiger partial charge in [-0.3, -0.25) is 10.1 Å². The van der Waals surface area contributed by atoms with E-state index in [9.17, 15) is 4.79 Å². The number of nitriles is 1. The van der Waals surface area contributed by atoms with Crippen molar-refractivity contribution in [2.45, 2.75) is 13.0 Å². The molecule has 0 aliphatic heterocycles. The molecule has 0 saturated heterocycles. The molecule has 0 spiro atoms. The lowest BCUT2D eigenvalue weighted by Crippen LogP contribution is -2.42. The number of benzene rings is 2.